The van der Waals surface area contributed by atoms with Crippen molar-refractivity contribution in [2.75, 3.05) is 0 Å². The van der Waals surface area contributed by atoms with Crippen molar-refractivity contribution in [1.29, 1.82) is 0 Å². The maximum Gasteiger partial charge on any atom is 0.138 e. The molecule has 1 aromatic heterocycles. The monoisotopic (exact) mass is 340 g/mol. The Balaban J connectivity index is 2.00. The van der Waals surface area contributed by atoms with E-state index in [1.165, 1.54) is 5.56 Å². The lowest BCUT2D eigenvalue weighted by Crippen LogP contribution is -2.05. The van der Waals surface area contributed by atoms with Gasteiger partial charge in [0.25, 0.3) is 0 Å². The lowest BCUT2D eigenvalue weighted by atomic mass is 10.0. The number of aromatic nitrogens is 2. The molecule has 24 heavy (non-hydrogen) atoms. The third kappa shape index (κ3) is 3.46. The molecule has 0 spiro atoms. The topological polar surface area (TPSA) is 27.1 Å². The van der Waals surface area contributed by atoms with E-state index in [2.05, 4.69) is 30.2 Å². The lowest BCUT2D eigenvalue weighted by molar-refractivity contribution is 0.242. The van der Waals surface area contributed by atoms with Crippen molar-refractivity contribution in [2.24, 2.45) is 0 Å². The van der Waals surface area contributed by atoms with Crippen LogP contribution in [-0.4, -0.2) is 15.9 Å². The molecule has 0 N–H and O–H groups in total. The van der Waals surface area contributed by atoms with Crippen LogP contribution in [0.15, 0.2) is 48.7 Å². The number of hydrogen-bond acceptors (Lipinski definition) is 2. The van der Waals surface area contributed by atoms with Crippen molar-refractivity contribution in [1.82, 2.24) is 9.78 Å². The van der Waals surface area contributed by atoms with Crippen molar-refractivity contribution in [2.45, 2.75) is 33.8 Å². The molecule has 1 heterocycles. The van der Waals surface area contributed by atoms with Gasteiger partial charge in [-0.15, -0.1) is 0 Å². The molecule has 0 bridgehead atoms. The van der Waals surface area contributed by atoms with Crippen molar-refractivity contribution in [3.05, 3.63) is 64.9 Å². The van der Waals surface area contributed by atoms with Gasteiger partial charge in [0.2, 0.25) is 0 Å². The van der Waals surface area contributed by atoms with Gasteiger partial charge in [0.05, 0.1) is 22.5 Å². The van der Waals surface area contributed by atoms with E-state index in [4.69, 9.17) is 16.3 Å². The number of benzene rings is 2. The van der Waals surface area contributed by atoms with E-state index in [0.717, 1.165) is 22.5 Å². The van der Waals surface area contributed by atoms with Crippen molar-refractivity contribution < 1.29 is 4.74 Å². The Morgan fingerprint density at radius 2 is 1.71 bits per heavy atom. The first kappa shape index (κ1) is 16.6. The van der Waals surface area contributed by atoms with Gasteiger partial charge in [0.1, 0.15) is 5.75 Å². The van der Waals surface area contributed by atoms with Gasteiger partial charge in [0.15, 0.2) is 0 Å². The van der Waals surface area contributed by atoms with Crippen LogP contribution in [0.3, 0.4) is 0 Å². The zero-order valence-electron chi connectivity index (χ0n) is 14.4. The summed E-state index contributed by atoms with van der Waals surface area (Å²) in [6.45, 7) is 8.05. The van der Waals surface area contributed by atoms with Crippen molar-refractivity contribution in [3.63, 3.8) is 0 Å². The standard InChI is InChI=1S/C20H21ClN2O/c1-13(2)24-20-8-7-16(11-18(20)21)17-6-5-14(3)19(12-17)23-10-9-15(4)22-23/h5-13H,1-4H3. The first-order chi connectivity index (χ1) is 11.4. The van der Waals surface area contributed by atoms with Crippen LogP contribution in [0.5, 0.6) is 5.75 Å². The Kier molecular flexibility index (Phi) is 4.63. The summed E-state index contributed by atoms with van der Waals surface area (Å²) < 4.78 is 7.61. The summed E-state index contributed by atoms with van der Waals surface area (Å²) in [4.78, 5) is 0. The average Bonchev–Trinajstić information content (AvgIpc) is 2.96. The van der Waals surface area contributed by atoms with E-state index in [1.807, 2.05) is 55.9 Å². The van der Waals surface area contributed by atoms with E-state index in [1.54, 1.807) is 0 Å². The molecule has 0 amide bonds. The van der Waals surface area contributed by atoms with Crippen LogP contribution in [0.2, 0.25) is 5.02 Å². The molecule has 0 atom stereocenters. The first-order valence-electron chi connectivity index (χ1n) is 8.04. The summed E-state index contributed by atoms with van der Waals surface area (Å²) >= 11 is 6.37. The predicted molar refractivity (Wildman–Crippen MR) is 99.2 cm³/mol. The SMILES string of the molecule is Cc1ccn(-c2cc(-c3ccc(OC(C)C)c(Cl)c3)ccc2C)n1. The highest BCUT2D eigenvalue weighted by Crippen LogP contribution is 2.32. The second-order valence-corrected chi connectivity index (χ2v) is 6.62. The highest BCUT2D eigenvalue weighted by atomic mass is 35.5. The summed E-state index contributed by atoms with van der Waals surface area (Å²) in [7, 11) is 0. The zero-order valence-corrected chi connectivity index (χ0v) is 15.1. The van der Waals surface area contributed by atoms with Crippen LogP contribution in [-0.2, 0) is 0 Å². The maximum atomic E-state index is 6.37. The molecule has 2 aromatic carbocycles. The first-order valence-corrected chi connectivity index (χ1v) is 8.41. The zero-order chi connectivity index (χ0) is 17.3. The minimum atomic E-state index is 0.0994. The van der Waals surface area contributed by atoms with Gasteiger partial charge in [-0.25, -0.2) is 4.68 Å². The van der Waals surface area contributed by atoms with Gasteiger partial charge in [-0.3, -0.25) is 0 Å². The Hall–Kier alpha value is -2.26. The van der Waals surface area contributed by atoms with Gasteiger partial charge in [-0.1, -0.05) is 29.8 Å². The largest absolute Gasteiger partial charge is 0.489 e. The number of aryl methyl sites for hydroxylation is 2. The number of nitrogens with zero attached hydrogens (tertiary/aromatic N) is 2. The maximum absolute atomic E-state index is 6.37. The molecule has 3 rings (SSSR count). The molecule has 0 saturated heterocycles. The summed E-state index contributed by atoms with van der Waals surface area (Å²) in [5, 5.41) is 5.13. The molecule has 0 radical (unpaired) electrons. The highest BCUT2D eigenvalue weighted by molar-refractivity contribution is 6.32. The lowest BCUT2D eigenvalue weighted by Gasteiger charge is -2.13. The van der Waals surface area contributed by atoms with Crippen LogP contribution < -0.4 is 4.74 Å². The van der Waals surface area contributed by atoms with E-state index in [0.29, 0.717) is 10.8 Å². The van der Waals surface area contributed by atoms with Crippen LogP contribution in [0.25, 0.3) is 16.8 Å². The summed E-state index contributed by atoms with van der Waals surface area (Å²) in [6.07, 6.45) is 2.08. The van der Waals surface area contributed by atoms with Crippen LogP contribution in [0.4, 0.5) is 0 Å². The molecule has 0 saturated carbocycles. The van der Waals surface area contributed by atoms with Gasteiger partial charge < -0.3 is 4.74 Å². The minimum Gasteiger partial charge on any atom is -0.489 e. The van der Waals surface area contributed by atoms with Gasteiger partial charge >= 0.3 is 0 Å². The average molecular weight is 341 g/mol. The van der Waals surface area contributed by atoms with Crippen molar-refractivity contribution >= 4 is 11.6 Å². The van der Waals surface area contributed by atoms with Crippen LogP contribution in [0, 0.1) is 13.8 Å². The van der Waals surface area contributed by atoms with E-state index in [-0.39, 0.29) is 6.10 Å². The normalized spacial score (nSPS) is 11.1. The number of hydrogen-bond donors (Lipinski definition) is 0. The smallest absolute Gasteiger partial charge is 0.138 e. The molecule has 0 aliphatic rings. The Bertz CT molecular complexity index is 868. The molecule has 0 aliphatic heterocycles. The summed E-state index contributed by atoms with van der Waals surface area (Å²) in [6, 6.07) is 14.2. The van der Waals surface area contributed by atoms with Crippen molar-refractivity contribution in [3.8, 4) is 22.6 Å². The molecule has 3 aromatic rings. The van der Waals surface area contributed by atoms with Gasteiger partial charge in [0, 0.05) is 6.20 Å². The van der Waals surface area contributed by atoms with E-state index in [9.17, 15) is 0 Å². The predicted octanol–water partition coefficient (Wildman–Crippen LogP) is 5.60. The molecular formula is C20H21ClN2O. The second-order valence-electron chi connectivity index (χ2n) is 6.21. The molecule has 0 fully saturated rings. The number of halogens is 1. The quantitative estimate of drug-likeness (QED) is 0.618. The molecule has 0 aliphatic carbocycles. The van der Waals surface area contributed by atoms with E-state index >= 15 is 0 Å². The number of ether oxygens (including phenoxy) is 1. The summed E-state index contributed by atoms with van der Waals surface area (Å²) in [5.41, 5.74) is 5.40. The molecule has 3 nitrogen and oxygen atoms in total. The highest BCUT2D eigenvalue weighted by Gasteiger charge is 2.09. The minimum absolute atomic E-state index is 0.0994. The second kappa shape index (κ2) is 6.70. The van der Waals surface area contributed by atoms with Gasteiger partial charge in [-0.05, 0) is 68.7 Å². The van der Waals surface area contributed by atoms with Gasteiger partial charge in [-0.2, -0.15) is 5.10 Å². The Morgan fingerprint density at radius 1 is 1.00 bits per heavy atom. The molecular weight excluding hydrogens is 320 g/mol. The molecule has 124 valence electrons. The third-order valence-electron chi connectivity index (χ3n) is 3.81. The third-order valence-corrected chi connectivity index (χ3v) is 4.10. The summed E-state index contributed by atoms with van der Waals surface area (Å²) in [5.74, 6) is 0.713. The molecule has 0 unspecified atom stereocenters. The number of rotatable bonds is 4. The van der Waals surface area contributed by atoms with Crippen LogP contribution in [0.1, 0.15) is 25.1 Å². The Labute approximate surface area is 147 Å². The Morgan fingerprint density at radius 3 is 2.33 bits per heavy atom. The fourth-order valence-corrected chi connectivity index (χ4v) is 2.84. The fourth-order valence-electron chi connectivity index (χ4n) is 2.61. The van der Waals surface area contributed by atoms with E-state index < -0.39 is 0 Å². The molecule has 4 heteroatoms. The van der Waals surface area contributed by atoms with Crippen LogP contribution >= 0.6 is 11.6 Å². The fraction of sp³-hybridized carbons (Fsp3) is 0.250.